The molecular formula is C19H20BrN3O3S. The van der Waals surface area contributed by atoms with Crippen LogP contribution in [0.25, 0.3) is 10.9 Å². The van der Waals surface area contributed by atoms with Crippen molar-refractivity contribution in [3.63, 3.8) is 0 Å². The lowest BCUT2D eigenvalue weighted by atomic mass is 10.2. The number of aromatic nitrogens is 1. The van der Waals surface area contributed by atoms with Crippen molar-refractivity contribution in [2.24, 2.45) is 0 Å². The van der Waals surface area contributed by atoms with Crippen LogP contribution in [0.5, 0.6) is 5.75 Å². The molecular weight excluding hydrogens is 430 g/mol. The molecule has 0 unspecified atom stereocenters. The third-order valence-electron chi connectivity index (χ3n) is 4.79. The highest BCUT2D eigenvalue weighted by molar-refractivity contribution is 9.10. The number of ether oxygens (including phenoxy) is 1. The molecule has 0 amide bonds. The van der Waals surface area contributed by atoms with E-state index in [1.807, 2.05) is 24.3 Å². The van der Waals surface area contributed by atoms with Crippen molar-refractivity contribution in [2.45, 2.75) is 4.90 Å². The molecule has 0 radical (unpaired) electrons. The lowest BCUT2D eigenvalue weighted by Gasteiger charge is -2.30. The van der Waals surface area contributed by atoms with Gasteiger partial charge in [-0.05, 0) is 36.4 Å². The van der Waals surface area contributed by atoms with Gasteiger partial charge in [-0.3, -0.25) is 0 Å². The molecule has 1 aromatic heterocycles. The van der Waals surface area contributed by atoms with E-state index in [1.165, 1.54) is 11.1 Å². The van der Waals surface area contributed by atoms with E-state index in [1.54, 1.807) is 24.4 Å². The number of piperazine rings is 1. The summed E-state index contributed by atoms with van der Waals surface area (Å²) < 4.78 is 34.0. The first-order valence-electron chi connectivity index (χ1n) is 8.67. The lowest BCUT2D eigenvalue weighted by Crippen LogP contribution is -2.43. The molecule has 6 nitrogen and oxygen atoms in total. The van der Waals surface area contributed by atoms with Crippen molar-refractivity contribution < 1.29 is 13.2 Å². The van der Waals surface area contributed by atoms with E-state index in [4.69, 9.17) is 4.74 Å². The van der Waals surface area contributed by atoms with Gasteiger partial charge in [-0.2, -0.15) is 0 Å². The Morgan fingerprint density at radius 2 is 1.89 bits per heavy atom. The van der Waals surface area contributed by atoms with Gasteiger partial charge in [0.15, 0.2) is 0 Å². The van der Waals surface area contributed by atoms with Gasteiger partial charge in [0.05, 0.1) is 12.6 Å². The number of halogens is 1. The normalized spacial score (nSPS) is 15.3. The minimum atomic E-state index is -3.80. The fraction of sp³-hybridized carbons (Fsp3) is 0.263. The second-order valence-corrected chi connectivity index (χ2v) is 9.06. The van der Waals surface area contributed by atoms with Crippen molar-refractivity contribution in [3.8, 4) is 5.75 Å². The van der Waals surface area contributed by atoms with E-state index < -0.39 is 10.0 Å². The van der Waals surface area contributed by atoms with Gasteiger partial charge in [0.25, 0.3) is 10.0 Å². The number of nitrogens with one attached hydrogen (secondary N) is 1. The third-order valence-corrected chi connectivity index (χ3v) is 7.00. The van der Waals surface area contributed by atoms with Gasteiger partial charge < -0.3 is 15.0 Å². The molecule has 27 heavy (non-hydrogen) atoms. The molecule has 2 aromatic carbocycles. The summed E-state index contributed by atoms with van der Waals surface area (Å²) in [5.74, 6) is 0.318. The number of methoxy groups -OCH3 is 1. The molecule has 0 aliphatic carbocycles. The standard InChI is InChI=1S/C19H20BrN3O3S/c1-26-18-6-5-14(20)13-19(18)27(24,25)23-10-7-15-16(3-2-4-17(15)23)22-11-8-21-9-12-22/h2-7,10,13,21H,8-9,11-12H2,1H3. The molecule has 1 aliphatic rings. The molecule has 2 heterocycles. The Balaban J connectivity index is 1.86. The van der Waals surface area contributed by atoms with Crippen LogP contribution in [0.2, 0.25) is 0 Å². The molecule has 0 saturated carbocycles. The summed E-state index contributed by atoms with van der Waals surface area (Å²) in [5, 5.41) is 4.27. The number of anilines is 1. The Bertz CT molecular complexity index is 1090. The van der Waals surface area contributed by atoms with Crippen molar-refractivity contribution in [3.05, 3.63) is 53.1 Å². The van der Waals surface area contributed by atoms with Gasteiger partial charge >= 0.3 is 0 Å². The molecule has 0 atom stereocenters. The van der Waals surface area contributed by atoms with Crippen molar-refractivity contribution in [1.29, 1.82) is 0 Å². The van der Waals surface area contributed by atoms with Crippen molar-refractivity contribution in [1.82, 2.24) is 9.29 Å². The fourth-order valence-electron chi connectivity index (χ4n) is 3.48. The van der Waals surface area contributed by atoms with Crippen LogP contribution in [0.15, 0.2) is 58.0 Å². The molecule has 1 fully saturated rings. The Labute approximate surface area is 166 Å². The van der Waals surface area contributed by atoms with E-state index in [0.29, 0.717) is 15.7 Å². The summed E-state index contributed by atoms with van der Waals surface area (Å²) in [6.07, 6.45) is 1.62. The molecule has 4 rings (SSSR count). The molecule has 1 N–H and O–H groups in total. The average Bonchev–Trinajstić information content (AvgIpc) is 3.13. The van der Waals surface area contributed by atoms with Crippen molar-refractivity contribution >= 4 is 42.5 Å². The molecule has 0 spiro atoms. The van der Waals surface area contributed by atoms with Crippen molar-refractivity contribution in [2.75, 3.05) is 38.2 Å². The summed E-state index contributed by atoms with van der Waals surface area (Å²) in [5.41, 5.74) is 1.72. The summed E-state index contributed by atoms with van der Waals surface area (Å²) in [7, 11) is -2.33. The number of fused-ring (bicyclic) bond motifs is 1. The molecule has 142 valence electrons. The van der Waals surface area contributed by atoms with Crippen LogP contribution >= 0.6 is 15.9 Å². The zero-order chi connectivity index (χ0) is 19.0. The Morgan fingerprint density at radius 3 is 2.63 bits per heavy atom. The van der Waals surface area contributed by atoms with E-state index in [0.717, 1.165) is 37.3 Å². The van der Waals surface area contributed by atoms with E-state index in [9.17, 15) is 8.42 Å². The maximum atomic E-state index is 13.4. The first-order chi connectivity index (χ1) is 13.0. The lowest BCUT2D eigenvalue weighted by molar-refractivity contribution is 0.402. The van der Waals surface area contributed by atoms with Crippen LogP contribution in [-0.4, -0.2) is 45.7 Å². The summed E-state index contributed by atoms with van der Waals surface area (Å²) in [6, 6.07) is 12.6. The van der Waals surface area contributed by atoms with Crippen LogP contribution in [0.1, 0.15) is 0 Å². The van der Waals surface area contributed by atoms with E-state index >= 15 is 0 Å². The molecule has 1 saturated heterocycles. The maximum Gasteiger partial charge on any atom is 0.271 e. The smallest absolute Gasteiger partial charge is 0.271 e. The van der Waals surface area contributed by atoms with Crippen LogP contribution in [0, 0.1) is 0 Å². The SMILES string of the molecule is COc1ccc(Br)cc1S(=O)(=O)n1ccc2c(N3CCNCC3)cccc21. The molecule has 3 aromatic rings. The minimum Gasteiger partial charge on any atom is -0.495 e. The molecule has 8 heteroatoms. The van der Waals surface area contributed by atoms with Gasteiger partial charge in [0, 0.05) is 47.9 Å². The molecule has 0 bridgehead atoms. The summed E-state index contributed by atoms with van der Waals surface area (Å²) >= 11 is 3.35. The van der Waals surface area contributed by atoms with Crippen LogP contribution in [-0.2, 0) is 10.0 Å². The first kappa shape index (κ1) is 18.3. The Morgan fingerprint density at radius 1 is 1.11 bits per heavy atom. The summed E-state index contributed by atoms with van der Waals surface area (Å²) in [6.45, 7) is 3.64. The number of nitrogens with zero attached hydrogens (tertiary/aromatic N) is 2. The highest BCUT2D eigenvalue weighted by Crippen LogP contribution is 2.33. The number of rotatable bonds is 4. The van der Waals surface area contributed by atoms with Crippen LogP contribution in [0.4, 0.5) is 5.69 Å². The van der Waals surface area contributed by atoms with Gasteiger partial charge in [-0.25, -0.2) is 12.4 Å². The highest BCUT2D eigenvalue weighted by Gasteiger charge is 2.25. The predicted molar refractivity (Wildman–Crippen MR) is 110 cm³/mol. The second-order valence-electron chi connectivity index (χ2n) is 6.36. The maximum absolute atomic E-state index is 13.4. The number of benzene rings is 2. The summed E-state index contributed by atoms with van der Waals surface area (Å²) in [4.78, 5) is 2.42. The Hall–Kier alpha value is -2.03. The van der Waals surface area contributed by atoms with Gasteiger partial charge in [0.2, 0.25) is 0 Å². The quantitative estimate of drug-likeness (QED) is 0.662. The zero-order valence-electron chi connectivity index (χ0n) is 14.9. The predicted octanol–water partition coefficient (Wildman–Crippen LogP) is 3.06. The number of hydrogen-bond acceptors (Lipinski definition) is 5. The first-order valence-corrected chi connectivity index (χ1v) is 10.9. The second kappa shape index (κ2) is 7.18. The van der Waals surface area contributed by atoms with E-state index in [2.05, 4.69) is 26.1 Å². The van der Waals surface area contributed by atoms with E-state index in [-0.39, 0.29) is 4.90 Å². The minimum absolute atomic E-state index is 0.129. The topological polar surface area (TPSA) is 63.6 Å². The van der Waals surface area contributed by atoms with Gasteiger partial charge in [-0.1, -0.05) is 22.0 Å². The largest absolute Gasteiger partial charge is 0.495 e. The fourth-order valence-corrected chi connectivity index (χ4v) is 5.52. The number of hydrogen-bond donors (Lipinski definition) is 1. The zero-order valence-corrected chi connectivity index (χ0v) is 17.3. The Kier molecular flexibility index (Phi) is 4.88. The van der Waals surface area contributed by atoms with Gasteiger partial charge in [0.1, 0.15) is 10.6 Å². The highest BCUT2D eigenvalue weighted by atomic mass is 79.9. The third kappa shape index (κ3) is 3.22. The van der Waals surface area contributed by atoms with Gasteiger partial charge in [-0.15, -0.1) is 0 Å². The van der Waals surface area contributed by atoms with Crippen LogP contribution < -0.4 is 15.0 Å². The average molecular weight is 450 g/mol. The monoisotopic (exact) mass is 449 g/mol. The molecule has 1 aliphatic heterocycles. The van der Waals surface area contributed by atoms with Crippen LogP contribution in [0.3, 0.4) is 0 Å².